The van der Waals surface area contributed by atoms with E-state index < -0.39 is 0 Å². The lowest BCUT2D eigenvalue weighted by Gasteiger charge is -2.17. The molecule has 104 valence electrons. The molecule has 2 aromatic rings. The number of hydrogen-bond donors (Lipinski definition) is 1. The van der Waals surface area contributed by atoms with Crippen molar-refractivity contribution in [3.63, 3.8) is 0 Å². The van der Waals surface area contributed by atoms with Crippen LogP contribution < -0.4 is 5.73 Å². The lowest BCUT2D eigenvalue weighted by atomic mass is 10.2. The third-order valence-electron chi connectivity index (χ3n) is 3.16. The maximum absolute atomic E-state index is 6.29. The number of imidazole rings is 1. The molecule has 0 bridgehead atoms. The second kappa shape index (κ2) is 6.16. The molecule has 0 aliphatic rings. The van der Waals surface area contributed by atoms with E-state index in [1.807, 2.05) is 30.0 Å². The van der Waals surface area contributed by atoms with Gasteiger partial charge in [-0.25, -0.2) is 4.98 Å². The summed E-state index contributed by atoms with van der Waals surface area (Å²) in [5.74, 6) is 2.00. The Labute approximate surface area is 123 Å². The molecule has 0 aliphatic heterocycles. The fraction of sp³-hybridized carbons (Fsp3) is 0.500. The van der Waals surface area contributed by atoms with Gasteiger partial charge in [0, 0.05) is 11.1 Å². The minimum Gasteiger partial charge on any atom is -0.324 e. The first kappa shape index (κ1) is 14.7. The molecule has 1 aromatic heterocycles. The van der Waals surface area contributed by atoms with Crippen molar-refractivity contribution in [2.45, 2.75) is 32.4 Å². The molecule has 1 heterocycles. The van der Waals surface area contributed by atoms with E-state index in [9.17, 15) is 0 Å². The molecule has 0 saturated carbocycles. The number of benzene rings is 1. The van der Waals surface area contributed by atoms with E-state index in [1.54, 1.807) is 0 Å². The van der Waals surface area contributed by atoms with E-state index in [0.717, 1.165) is 34.1 Å². The predicted octanol–water partition coefficient (Wildman–Crippen LogP) is 4.02. The molecule has 3 nitrogen and oxygen atoms in total. The van der Waals surface area contributed by atoms with E-state index in [-0.39, 0.29) is 6.04 Å². The second-order valence-electron chi connectivity index (χ2n) is 4.95. The Balaban J connectivity index is 2.50. The smallest absolute Gasteiger partial charge is 0.127 e. The molecule has 0 aliphatic carbocycles. The quantitative estimate of drug-likeness (QED) is 0.906. The highest BCUT2D eigenvalue weighted by Crippen LogP contribution is 2.27. The highest BCUT2D eigenvalue weighted by Gasteiger charge is 2.18. The molecule has 0 fully saturated rings. The molecule has 0 saturated heterocycles. The van der Waals surface area contributed by atoms with Gasteiger partial charge in [0.15, 0.2) is 0 Å². The van der Waals surface area contributed by atoms with Crippen LogP contribution in [0.25, 0.3) is 11.0 Å². The van der Waals surface area contributed by atoms with Gasteiger partial charge in [-0.15, -0.1) is 0 Å². The average Bonchev–Trinajstić information content (AvgIpc) is 2.74. The fourth-order valence-corrected chi connectivity index (χ4v) is 2.92. The van der Waals surface area contributed by atoms with Gasteiger partial charge in [-0.05, 0) is 50.5 Å². The first-order valence-corrected chi connectivity index (χ1v) is 8.23. The summed E-state index contributed by atoms with van der Waals surface area (Å²) in [7, 11) is 0. The van der Waals surface area contributed by atoms with E-state index in [0.29, 0.717) is 6.04 Å². The van der Waals surface area contributed by atoms with Crippen LogP contribution in [0.2, 0.25) is 5.02 Å². The summed E-state index contributed by atoms with van der Waals surface area (Å²) in [6.45, 7) is 4.29. The molecule has 19 heavy (non-hydrogen) atoms. The van der Waals surface area contributed by atoms with Gasteiger partial charge in [-0.3, -0.25) is 0 Å². The lowest BCUT2D eigenvalue weighted by Crippen LogP contribution is -2.18. The highest BCUT2D eigenvalue weighted by molar-refractivity contribution is 7.98. The van der Waals surface area contributed by atoms with Gasteiger partial charge in [0.2, 0.25) is 0 Å². The molecular weight excluding hydrogens is 278 g/mol. The molecule has 0 radical (unpaired) electrons. The molecule has 0 spiro atoms. The van der Waals surface area contributed by atoms with Gasteiger partial charge in [0.1, 0.15) is 5.82 Å². The van der Waals surface area contributed by atoms with Crippen LogP contribution in [-0.4, -0.2) is 21.6 Å². The van der Waals surface area contributed by atoms with Crippen molar-refractivity contribution in [3.8, 4) is 0 Å². The van der Waals surface area contributed by atoms with Crippen LogP contribution in [0.15, 0.2) is 18.2 Å². The molecule has 1 aromatic carbocycles. The van der Waals surface area contributed by atoms with Crippen molar-refractivity contribution in [1.29, 1.82) is 0 Å². The first-order chi connectivity index (χ1) is 9.04. The summed E-state index contributed by atoms with van der Waals surface area (Å²) < 4.78 is 2.20. The minimum absolute atomic E-state index is 0.0268. The maximum atomic E-state index is 6.29. The molecule has 5 heteroatoms. The number of rotatable bonds is 5. The summed E-state index contributed by atoms with van der Waals surface area (Å²) in [4.78, 5) is 4.70. The van der Waals surface area contributed by atoms with Crippen molar-refractivity contribution < 1.29 is 0 Å². The average molecular weight is 298 g/mol. The van der Waals surface area contributed by atoms with Crippen LogP contribution in [0.1, 0.15) is 38.2 Å². The molecule has 0 amide bonds. The topological polar surface area (TPSA) is 43.8 Å². The third kappa shape index (κ3) is 3.07. The summed E-state index contributed by atoms with van der Waals surface area (Å²) in [6, 6.07) is 6.09. The van der Waals surface area contributed by atoms with Crippen LogP contribution in [0.5, 0.6) is 0 Å². The Morgan fingerprint density at radius 3 is 2.79 bits per heavy atom. The summed E-state index contributed by atoms with van der Waals surface area (Å²) in [6.07, 6.45) is 3.03. The normalized spacial score (nSPS) is 13.4. The summed E-state index contributed by atoms with van der Waals surface area (Å²) >= 11 is 7.90. The fourth-order valence-electron chi connectivity index (χ4n) is 2.26. The van der Waals surface area contributed by atoms with Crippen LogP contribution in [-0.2, 0) is 0 Å². The van der Waals surface area contributed by atoms with E-state index >= 15 is 0 Å². The lowest BCUT2D eigenvalue weighted by molar-refractivity contribution is 0.536. The van der Waals surface area contributed by atoms with E-state index in [2.05, 4.69) is 24.7 Å². The number of aromatic nitrogens is 2. The van der Waals surface area contributed by atoms with Crippen molar-refractivity contribution in [2.24, 2.45) is 5.73 Å². The zero-order valence-corrected chi connectivity index (χ0v) is 13.1. The zero-order chi connectivity index (χ0) is 14.0. The second-order valence-corrected chi connectivity index (χ2v) is 6.38. The number of thioether (sulfide) groups is 1. The molecule has 1 unspecified atom stereocenters. The van der Waals surface area contributed by atoms with Crippen LogP contribution in [0.3, 0.4) is 0 Å². The summed E-state index contributed by atoms with van der Waals surface area (Å²) in [5, 5.41) is 0.735. The Morgan fingerprint density at radius 2 is 2.16 bits per heavy atom. The van der Waals surface area contributed by atoms with Gasteiger partial charge in [-0.1, -0.05) is 11.6 Å². The van der Waals surface area contributed by atoms with Gasteiger partial charge >= 0.3 is 0 Å². The van der Waals surface area contributed by atoms with Crippen molar-refractivity contribution >= 4 is 34.4 Å². The number of halogens is 1. The molecular formula is C14H20ClN3S. The minimum atomic E-state index is -0.0268. The van der Waals surface area contributed by atoms with Crippen molar-refractivity contribution in [2.75, 3.05) is 12.0 Å². The monoisotopic (exact) mass is 297 g/mol. The van der Waals surface area contributed by atoms with Crippen LogP contribution in [0.4, 0.5) is 0 Å². The maximum Gasteiger partial charge on any atom is 0.127 e. The van der Waals surface area contributed by atoms with Gasteiger partial charge in [-0.2, -0.15) is 11.8 Å². The number of nitrogens with two attached hydrogens (primary N) is 1. The SMILES string of the molecule is CSCCC(N)c1nc2ccc(Cl)cc2n1C(C)C. The van der Waals surface area contributed by atoms with Crippen LogP contribution >= 0.6 is 23.4 Å². The zero-order valence-electron chi connectivity index (χ0n) is 11.6. The predicted molar refractivity (Wildman–Crippen MR) is 85.1 cm³/mol. The van der Waals surface area contributed by atoms with E-state index in [1.165, 1.54) is 0 Å². The molecule has 2 rings (SSSR count). The first-order valence-electron chi connectivity index (χ1n) is 6.46. The van der Waals surface area contributed by atoms with Crippen molar-refractivity contribution in [1.82, 2.24) is 9.55 Å². The number of hydrogen-bond acceptors (Lipinski definition) is 3. The number of nitrogens with zero attached hydrogens (tertiary/aromatic N) is 2. The van der Waals surface area contributed by atoms with Crippen molar-refractivity contribution in [3.05, 3.63) is 29.0 Å². The van der Waals surface area contributed by atoms with Gasteiger partial charge < -0.3 is 10.3 Å². The highest BCUT2D eigenvalue weighted by atomic mass is 35.5. The standard InChI is InChI=1S/C14H20ClN3S/c1-9(2)18-13-8-10(15)4-5-12(13)17-14(18)11(16)6-7-19-3/h4-5,8-9,11H,6-7,16H2,1-3H3. The molecule has 2 N–H and O–H groups in total. The van der Waals surface area contributed by atoms with Gasteiger partial charge in [0.25, 0.3) is 0 Å². The largest absolute Gasteiger partial charge is 0.324 e. The third-order valence-corrected chi connectivity index (χ3v) is 4.04. The molecule has 1 atom stereocenters. The number of fused-ring (bicyclic) bond motifs is 1. The van der Waals surface area contributed by atoms with Crippen LogP contribution in [0, 0.1) is 0 Å². The Bertz CT molecular complexity index is 565. The summed E-state index contributed by atoms with van der Waals surface area (Å²) in [5.41, 5.74) is 8.32. The van der Waals surface area contributed by atoms with Gasteiger partial charge in [0.05, 0.1) is 17.1 Å². The Morgan fingerprint density at radius 1 is 1.42 bits per heavy atom. The van der Waals surface area contributed by atoms with E-state index in [4.69, 9.17) is 22.3 Å². The Hall–Kier alpha value is -0.710. The Kier molecular flexibility index (Phi) is 4.76.